The van der Waals surface area contributed by atoms with Gasteiger partial charge in [-0.2, -0.15) is 0 Å². The summed E-state index contributed by atoms with van der Waals surface area (Å²) in [5.41, 5.74) is 0. The maximum Gasteiger partial charge on any atom is 0.307 e. The lowest BCUT2D eigenvalue weighted by atomic mass is 10.2. The van der Waals surface area contributed by atoms with E-state index in [-0.39, 0.29) is 25.8 Å². The Morgan fingerprint density at radius 3 is 2.00 bits per heavy atom. The van der Waals surface area contributed by atoms with E-state index in [0.29, 0.717) is 0 Å². The van der Waals surface area contributed by atoms with Crippen molar-refractivity contribution in [2.24, 2.45) is 0 Å². The van der Waals surface area contributed by atoms with E-state index in [1.54, 1.807) is 0 Å². The van der Waals surface area contributed by atoms with Gasteiger partial charge in [-0.05, 0) is 6.42 Å². The Morgan fingerprint density at radius 2 is 1.62 bits per heavy atom. The van der Waals surface area contributed by atoms with Gasteiger partial charge in [0, 0.05) is 12.8 Å². The highest BCUT2D eigenvalue weighted by Crippen LogP contribution is 2.08. The zero-order valence-corrected chi connectivity index (χ0v) is 13.9. The van der Waals surface area contributed by atoms with Crippen LogP contribution >= 0.6 is 0 Å². The monoisotopic (exact) mass is 378 g/mol. The second kappa shape index (κ2) is 11.1. The fourth-order valence-corrected chi connectivity index (χ4v) is 1.48. The maximum absolute atomic E-state index is 11.6. The summed E-state index contributed by atoms with van der Waals surface area (Å²) in [7, 11) is -2.17. The van der Waals surface area contributed by atoms with Crippen molar-refractivity contribution in [2.45, 2.75) is 31.8 Å². The summed E-state index contributed by atoms with van der Waals surface area (Å²) in [6.45, 7) is -2.57. The van der Waals surface area contributed by atoms with Crippen LogP contribution in [0.1, 0.15) is 29.8 Å². The number of aliphatic carboxylic acids is 2. The summed E-state index contributed by atoms with van der Waals surface area (Å²) < 4.78 is 60.7. The molecule has 0 fully saturated rings. The molecule has 0 saturated heterocycles. The van der Waals surface area contributed by atoms with E-state index < -0.39 is 52.1 Å². The molecular formula is C12H22ClNO10. The molecule has 12 heteroatoms. The van der Waals surface area contributed by atoms with Crippen LogP contribution < -0.4 is 18.6 Å². The summed E-state index contributed by atoms with van der Waals surface area (Å²) in [5, 5.41) is 17.3. The first-order valence-electron chi connectivity index (χ1n) is 7.93. The molecule has 0 unspecified atom stereocenters. The second-order valence-corrected chi connectivity index (χ2v) is 5.96. The number of rotatable bonds is 9. The van der Waals surface area contributed by atoms with Crippen molar-refractivity contribution in [3.8, 4) is 0 Å². The highest BCUT2D eigenvalue weighted by atomic mass is 35.7. The molecule has 0 amide bonds. The van der Waals surface area contributed by atoms with Gasteiger partial charge in [0.2, 0.25) is 0 Å². The lowest BCUT2D eigenvalue weighted by Gasteiger charge is -2.28. The van der Waals surface area contributed by atoms with E-state index in [1.807, 2.05) is 0 Å². The molecule has 0 aliphatic carbocycles. The van der Waals surface area contributed by atoms with Crippen LogP contribution in [0.3, 0.4) is 0 Å². The van der Waals surface area contributed by atoms with Crippen molar-refractivity contribution in [1.82, 2.24) is 0 Å². The molecular weight excluding hydrogens is 354 g/mol. The second-order valence-electron chi connectivity index (χ2n) is 5.20. The number of carbonyl (C=O) groups is 3. The van der Waals surface area contributed by atoms with E-state index in [0.717, 1.165) is 0 Å². The van der Waals surface area contributed by atoms with Gasteiger partial charge in [0.1, 0.15) is 6.54 Å². The molecule has 0 aromatic heterocycles. The van der Waals surface area contributed by atoms with Crippen molar-refractivity contribution in [2.75, 3.05) is 27.6 Å². The van der Waals surface area contributed by atoms with Crippen LogP contribution in [-0.2, 0) is 19.1 Å². The topological polar surface area (TPSA) is 193 Å². The highest BCUT2D eigenvalue weighted by Gasteiger charge is 2.24. The minimum absolute atomic E-state index is 0.0749. The lowest BCUT2D eigenvalue weighted by molar-refractivity contribution is -2.00. The molecule has 0 radical (unpaired) electrons. The number of nitrogens with zero attached hydrogens (tertiary/aromatic N) is 1. The number of quaternary nitrogens is 1. The largest absolute Gasteiger partial charge is 0.481 e. The van der Waals surface area contributed by atoms with Gasteiger partial charge in [-0.1, -0.05) is 0 Å². The van der Waals surface area contributed by atoms with Crippen molar-refractivity contribution in [3.05, 3.63) is 0 Å². The van der Waals surface area contributed by atoms with E-state index in [4.69, 9.17) is 37.7 Å². The van der Waals surface area contributed by atoms with Crippen LogP contribution in [0.4, 0.5) is 0 Å². The Bertz CT molecular complexity index is 501. The Labute approximate surface area is 145 Å². The fourth-order valence-electron chi connectivity index (χ4n) is 1.48. The van der Waals surface area contributed by atoms with Crippen LogP contribution in [0.25, 0.3) is 0 Å². The third-order valence-corrected chi connectivity index (χ3v) is 2.13. The van der Waals surface area contributed by atoms with E-state index in [9.17, 15) is 14.4 Å². The number of carboxylic acid groups (broad SMARTS) is 2. The van der Waals surface area contributed by atoms with E-state index in [1.165, 1.54) is 14.1 Å². The number of carbonyl (C=O) groups excluding carboxylic acids is 1. The normalized spacial score (nSPS) is 15.0. The molecule has 0 aliphatic heterocycles. The Balaban J connectivity index is 0. The molecule has 0 spiro atoms. The van der Waals surface area contributed by atoms with Crippen molar-refractivity contribution in [1.29, 1.82) is 0 Å². The van der Waals surface area contributed by atoms with Crippen LogP contribution in [-0.4, -0.2) is 66.3 Å². The van der Waals surface area contributed by atoms with Crippen molar-refractivity contribution < 1.29 is 66.8 Å². The molecule has 11 nitrogen and oxygen atoms in total. The standard InChI is InChI=1S/C12H21NO6.ClHO4/c1-13(2,3)8-9(7-11(16)17)19-12(18)6-4-5-10(14)15;2-1(3,4)5/h9H,4-8H2,1-3H3,(H-,14,15,16,17);(H,2,3,4,5)/t9-;/m1./s1/i1D3;. The summed E-state index contributed by atoms with van der Waals surface area (Å²) in [5.74, 6) is -3.00. The Kier molecular flexibility index (Phi) is 8.73. The summed E-state index contributed by atoms with van der Waals surface area (Å²) in [6, 6.07) is 0. The van der Waals surface area contributed by atoms with Gasteiger partial charge in [-0.25, -0.2) is 18.6 Å². The predicted molar refractivity (Wildman–Crippen MR) is 66.5 cm³/mol. The van der Waals surface area contributed by atoms with Crippen LogP contribution in [0.15, 0.2) is 0 Å². The van der Waals surface area contributed by atoms with Crippen LogP contribution in [0, 0.1) is 10.2 Å². The quantitative estimate of drug-likeness (QED) is 0.292. The van der Waals surface area contributed by atoms with Crippen LogP contribution in [0.2, 0.25) is 0 Å². The Morgan fingerprint density at radius 1 is 1.12 bits per heavy atom. The van der Waals surface area contributed by atoms with Crippen molar-refractivity contribution in [3.63, 3.8) is 0 Å². The first-order chi connectivity index (χ1) is 11.8. The minimum Gasteiger partial charge on any atom is -0.481 e. The van der Waals surface area contributed by atoms with Gasteiger partial charge in [-0.3, -0.25) is 14.4 Å². The molecule has 0 aliphatic rings. The zero-order chi connectivity index (χ0) is 22.1. The number of carboxylic acids is 2. The molecule has 1 atom stereocenters. The SMILES string of the molecule is [2H]C([2H])([2H])[N+](C)(C)C[C@@H](CC(=O)O)OC(=O)CCCC(=O)O.[O-][Cl+3]([O-])([O-])[O-]. The first-order valence-corrected chi connectivity index (χ1v) is 7.66. The molecule has 24 heavy (non-hydrogen) atoms. The molecule has 0 heterocycles. The smallest absolute Gasteiger partial charge is 0.307 e. The van der Waals surface area contributed by atoms with Gasteiger partial charge in [0.15, 0.2) is 6.10 Å². The Hall–Kier alpha value is -1.50. The van der Waals surface area contributed by atoms with Crippen LogP contribution in [0.5, 0.6) is 0 Å². The van der Waals surface area contributed by atoms with Gasteiger partial charge >= 0.3 is 17.9 Å². The number of hydrogen-bond donors (Lipinski definition) is 2. The summed E-state index contributed by atoms with van der Waals surface area (Å²) in [6.07, 6.45) is -1.89. The first kappa shape index (κ1) is 18.8. The average Bonchev–Trinajstić information content (AvgIpc) is 2.32. The molecule has 0 aromatic carbocycles. The van der Waals surface area contributed by atoms with Gasteiger partial charge in [0.05, 0.1) is 31.6 Å². The predicted octanol–water partition coefficient (Wildman–Crippen LogP) is -4.42. The number of esters is 1. The summed E-state index contributed by atoms with van der Waals surface area (Å²) in [4.78, 5) is 32.8. The average molecular weight is 379 g/mol. The number of halogens is 1. The minimum atomic E-state index is -4.94. The van der Waals surface area contributed by atoms with E-state index in [2.05, 4.69) is 0 Å². The molecule has 2 N–H and O–H groups in total. The number of likely N-dealkylation sites (N-methyl/N-ethyl adjacent to an activating group) is 1. The third kappa shape index (κ3) is 25.5. The molecule has 0 saturated carbocycles. The molecule has 0 bridgehead atoms. The van der Waals surface area contributed by atoms with Gasteiger partial charge < -0.3 is 19.4 Å². The van der Waals surface area contributed by atoms with E-state index >= 15 is 0 Å². The molecule has 0 aromatic rings. The fraction of sp³-hybridized carbons (Fsp3) is 0.750. The number of ether oxygens (including phenoxy) is 1. The lowest BCUT2D eigenvalue weighted by Crippen LogP contribution is -2.68. The summed E-state index contributed by atoms with van der Waals surface area (Å²) >= 11 is 0. The highest BCUT2D eigenvalue weighted by molar-refractivity contribution is 5.72. The van der Waals surface area contributed by atoms with Crippen molar-refractivity contribution >= 4 is 17.9 Å². The zero-order valence-electron chi connectivity index (χ0n) is 16.1. The number of hydrogen-bond acceptors (Lipinski definition) is 8. The molecule has 0 rings (SSSR count). The molecule has 142 valence electrons. The third-order valence-electron chi connectivity index (χ3n) is 2.13. The van der Waals surface area contributed by atoms with Gasteiger partial charge in [0.25, 0.3) is 0 Å². The van der Waals surface area contributed by atoms with Gasteiger partial charge in [-0.15, -0.1) is 10.2 Å². The maximum atomic E-state index is 11.6.